The number of carbonyl (C=O) groups is 2. The highest BCUT2D eigenvalue weighted by Gasteiger charge is 2.24. The van der Waals surface area contributed by atoms with Gasteiger partial charge in [-0.05, 0) is 44.2 Å². The lowest BCUT2D eigenvalue weighted by molar-refractivity contribution is -0.113. The molecule has 3 aromatic rings. The van der Waals surface area contributed by atoms with Gasteiger partial charge in [0.15, 0.2) is 0 Å². The molecule has 30 heavy (non-hydrogen) atoms. The predicted molar refractivity (Wildman–Crippen MR) is 116 cm³/mol. The third kappa shape index (κ3) is 4.20. The van der Waals surface area contributed by atoms with Crippen LogP contribution in [0.5, 0.6) is 0 Å². The van der Waals surface area contributed by atoms with Gasteiger partial charge < -0.3 is 14.6 Å². The van der Waals surface area contributed by atoms with Crippen molar-refractivity contribution in [3.05, 3.63) is 58.9 Å². The van der Waals surface area contributed by atoms with Gasteiger partial charge in [-0.2, -0.15) is 0 Å². The van der Waals surface area contributed by atoms with Gasteiger partial charge >= 0.3 is 0 Å². The smallest absolute Gasteiger partial charge is 0.254 e. The van der Waals surface area contributed by atoms with E-state index in [1.807, 2.05) is 32.0 Å². The van der Waals surface area contributed by atoms with E-state index < -0.39 is 0 Å². The zero-order valence-corrected chi connectivity index (χ0v) is 18.0. The zero-order chi connectivity index (χ0) is 21.3. The van der Waals surface area contributed by atoms with Crippen LogP contribution < -0.4 is 5.32 Å². The minimum Gasteiger partial charge on any atom is -0.419 e. The lowest BCUT2D eigenvalue weighted by Gasteiger charge is -2.26. The Morgan fingerprint density at radius 1 is 1.27 bits per heavy atom. The molecule has 1 N–H and O–H groups in total. The fourth-order valence-corrected chi connectivity index (χ4v) is 4.08. The number of hydrogen-bond donors (Lipinski definition) is 1. The molecule has 0 saturated carbocycles. The van der Waals surface area contributed by atoms with E-state index in [0.29, 0.717) is 39.4 Å². The average Bonchev–Trinajstić information content (AvgIpc) is 3.19. The molecule has 2 amide bonds. The number of hydrogen-bond acceptors (Lipinski definition) is 6. The molecule has 0 fully saturated rings. The molecule has 154 valence electrons. The summed E-state index contributed by atoms with van der Waals surface area (Å²) in [5.74, 6) is 0.739. The van der Waals surface area contributed by atoms with Crippen molar-refractivity contribution in [1.82, 2.24) is 15.1 Å². The van der Waals surface area contributed by atoms with Gasteiger partial charge in [0, 0.05) is 16.5 Å². The number of amides is 2. The van der Waals surface area contributed by atoms with E-state index in [2.05, 4.69) is 15.5 Å². The summed E-state index contributed by atoms with van der Waals surface area (Å²) in [5, 5.41) is 11.5. The monoisotopic (exact) mass is 442 g/mol. The zero-order valence-electron chi connectivity index (χ0n) is 16.4. The van der Waals surface area contributed by atoms with Gasteiger partial charge in [-0.3, -0.25) is 9.59 Å². The lowest BCUT2D eigenvalue weighted by Crippen LogP contribution is -2.36. The van der Waals surface area contributed by atoms with Crippen molar-refractivity contribution < 1.29 is 14.0 Å². The maximum atomic E-state index is 13.2. The van der Waals surface area contributed by atoms with Crippen molar-refractivity contribution in [3.63, 3.8) is 0 Å². The van der Waals surface area contributed by atoms with E-state index in [1.54, 1.807) is 29.2 Å². The number of halogens is 1. The quantitative estimate of drug-likeness (QED) is 0.626. The number of fused-ring (bicyclic) bond motifs is 1. The molecule has 9 heteroatoms. The first-order chi connectivity index (χ1) is 14.4. The number of nitrogens with zero attached hydrogens (tertiary/aromatic N) is 3. The fourth-order valence-electron chi connectivity index (χ4n) is 3.08. The number of benzene rings is 2. The SMILES string of the molecule is CC(C)N(Cc1nnc(-c2ccccc2Cl)o1)C(=O)c1ccc2c(c1)NC(=O)CS2. The Morgan fingerprint density at radius 2 is 2.07 bits per heavy atom. The Balaban J connectivity index is 1.56. The van der Waals surface area contributed by atoms with Crippen LogP contribution in [0, 0.1) is 0 Å². The number of aromatic nitrogens is 2. The summed E-state index contributed by atoms with van der Waals surface area (Å²) in [4.78, 5) is 27.4. The molecule has 0 bridgehead atoms. The molecule has 0 unspecified atom stereocenters. The largest absolute Gasteiger partial charge is 0.419 e. The Morgan fingerprint density at radius 3 is 2.83 bits per heavy atom. The first-order valence-electron chi connectivity index (χ1n) is 9.37. The Labute approximate surface area is 182 Å². The van der Waals surface area contributed by atoms with Crippen molar-refractivity contribution in [2.75, 3.05) is 11.1 Å². The van der Waals surface area contributed by atoms with Crippen molar-refractivity contribution >= 4 is 40.9 Å². The maximum Gasteiger partial charge on any atom is 0.254 e. The number of thioether (sulfide) groups is 1. The third-order valence-electron chi connectivity index (χ3n) is 4.62. The summed E-state index contributed by atoms with van der Waals surface area (Å²) in [6.07, 6.45) is 0. The van der Waals surface area contributed by atoms with Crippen LogP contribution in [-0.4, -0.2) is 38.7 Å². The molecule has 0 radical (unpaired) electrons. The highest BCUT2D eigenvalue weighted by molar-refractivity contribution is 8.00. The number of rotatable bonds is 5. The summed E-state index contributed by atoms with van der Waals surface area (Å²) < 4.78 is 5.76. The third-order valence-corrected chi connectivity index (χ3v) is 6.02. The Bertz CT molecular complexity index is 1120. The molecule has 7 nitrogen and oxygen atoms in total. The molecule has 4 rings (SSSR count). The summed E-state index contributed by atoms with van der Waals surface area (Å²) in [7, 11) is 0. The summed E-state index contributed by atoms with van der Waals surface area (Å²) in [6.45, 7) is 3.99. The van der Waals surface area contributed by atoms with E-state index in [0.717, 1.165) is 4.90 Å². The van der Waals surface area contributed by atoms with E-state index in [9.17, 15) is 9.59 Å². The van der Waals surface area contributed by atoms with Crippen molar-refractivity contribution in [1.29, 1.82) is 0 Å². The summed E-state index contributed by atoms with van der Waals surface area (Å²) in [6, 6.07) is 12.4. The van der Waals surface area contributed by atoms with Crippen molar-refractivity contribution in [3.8, 4) is 11.5 Å². The van der Waals surface area contributed by atoms with Crippen LogP contribution in [0.4, 0.5) is 5.69 Å². The standard InChI is InChI=1S/C21H19ClN4O3S/c1-12(2)26(10-19-24-25-20(29-19)14-5-3-4-6-15(14)22)21(28)13-7-8-17-16(9-13)23-18(27)11-30-17/h3-9,12H,10-11H2,1-2H3,(H,23,27). The van der Waals surface area contributed by atoms with Crippen LogP contribution in [0.15, 0.2) is 51.8 Å². The summed E-state index contributed by atoms with van der Waals surface area (Å²) >= 11 is 7.65. The normalized spacial score (nSPS) is 13.1. The van der Waals surface area contributed by atoms with Crippen LogP contribution in [0.2, 0.25) is 5.02 Å². The van der Waals surface area contributed by atoms with Crippen LogP contribution in [0.25, 0.3) is 11.5 Å². The van der Waals surface area contributed by atoms with Crippen molar-refractivity contribution in [2.24, 2.45) is 0 Å². The molecule has 1 aliphatic heterocycles. The minimum absolute atomic E-state index is 0.0734. The Kier molecular flexibility index (Phi) is 5.78. The molecule has 0 aliphatic carbocycles. The summed E-state index contributed by atoms with van der Waals surface area (Å²) in [5.41, 5.74) is 1.78. The van der Waals surface area contributed by atoms with E-state index in [-0.39, 0.29) is 24.4 Å². The molecule has 1 aliphatic rings. The van der Waals surface area contributed by atoms with E-state index in [4.69, 9.17) is 16.0 Å². The molecule has 1 aromatic heterocycles. The van der Waals surface area contributed by atoms with Gasteiger partial charge in [-0.1, -0.05) is 23.7 Å². The van der Waals surface area contributed by atoms with Crippen LogP contribution in [-0.2, 0) is 11.3 Å². The minimum atomic E-state index is -0.185. The van der Waals surface area contributed by atoms with Crippen LogP contribution in [0.1, 0.15) is 30.1 Å². The highest BCUT2D eigenvalue weighted by Crippen LogP contribution is 2.32. The molecule has 2 aromatic carbocycles. The molecular formula is C21H19ClN4O3S. The Hall–Kier alpha value is -2.84. The molecule has 0 saturated heterocycles. The second kappa shape index (κ2) is 8.49. The highest BCUT2D eigenvalue weighted by atomic mass is 35.5. The van der Waals surface area contributed by atoms with Gasteiger partial charge in [-0.15, -0.1) is 22.0 Å². The van der Waals surface area contributed by atoms with Gasteiger partial charge in [0.05, 0.1) is 28.6 Å². The predicted octanol–water partition coefficient (Wildman–Crippen LogP) is 4.49. The second-order valence-electron chi connectivity index (χ2n) is 7.06. The second-order valence-corrected chi connectivity index (χ2v) is 8.48. The fraction of sp³-hybridized carbons (Fsp3) is 0.238. The molecule has 0 atom stereocenters. The first-order valence-corrected chi connectivity index (χ1v) is 10.7. The molecule has 2 heterocycles. The molecular weight excluding hydrogens is 424 g/mol. The van der Waals surface area contributed by atoms with Gasteiger partial charge in [0.1, 0.15) is 0 Å². The number of anilines is 1. The average molecular weight is 443 g/mol. The van der Waals surface area contributed by atoms with Gasteiger partial charge in [-0.25, -0.2) is 0 Å². The van der Waals surface area contributed by atoms with Crippen LogP contribution in [0.3, 0.4) is 0 Å². The maximum absolute atomic E-state index is 13.2. The van der Waals surface area contributed by atoms with E-state index in [1.165, 1.54) is 11.8 Å². The molecule has 0 spiro atoms. The lowest BCUT2D eigenvalue weighted by atomic mass is 10.1. The van der Waals surface area contributed by atoms with Gasteiger partial charge in [0.2, 0.25) is 17.7 Å². The van der Waals surface area contributed by atoms with Crippen molar-refractivity contribution in [2.45, 2.75) is 31.3 Å². The van der Waals surface area contributed by atoms with E-state index >= 15 is 0 Å². The van der Waals surface area contributed by atoms with Gasteiger partial charge in [0.25, 0.3) is 5.91 Å². The number of nitrogens with one attached hydrogen (secondary N) is 1. The topological polar surface area (TPSA) is 88.3 Å². The van der Waals surface area contributed by atoms with Crippen LogP contribution >= 0.6 is 23.4 Å². The first kappa shape index (κ1) is 20.4. The number of carbonyl (C=O) groups excluding carboxylic acids is 2.